The van der Waals surface area contributed by atoms with Crippen LogP contribution in [0.4, 0.5) is 0 Å². The first kappa shape index (κ1) is 18.7. The first-order chi connectivity index (χ1) is 9.65. The normalized spacial score (nSPS) is 12.8. The summed E-state index contributed by atoms with van der Waals surface area (Å²) in [6.07, 6.45) is 13.9. The van der Waals surface area contributed by atoms with E-state index in [4.69, 9.17) is 0 Å². The minimum Gasteiger partial charge on any atom is -0.133 e. The first-order valence-electron chi connectivity index (χ1n) is 8.05. The van der Waals surface area contributed by atoms with Crippen molar-refractivity contribution in [2.24, 2.45) is 0 Å². The van der Waals surface area contributed by atoms with E-state index in [1.54, 1.807) is 0 Å². The van der Waals surface area contributed by atoms with Crippen LogP contribution in [0.2, 0.25) is 0 Å². The maximum absolute atomic E-state index is 3.85. The molecule has 1 heterocycles. The van der Waals surface area contributed by atoms with Gasteiger partial charge in [0.15, 0.2) is 0 Å². The Kier molecular flexibility index (Phi) is 10.5. The predicted molar refractivity (Wildman–Crippen MR) is 100 cm³/mol. The maximum Gasteiger partial charge on any atom is 0.0704 e. The van der Waals surface area contributed by atoms with Crippen molar-refractivity contribution < 1.29 is 0 Å². The van der Waals surface area contributed by atoms with Crippen LogP contribution < -0.4 is 0 Å². The van der Waals surface area contributed by atoms with Crippen LogP contribution in [0.15, 0.2) is 9.85 Å². The second-order valence-electron chi connectivity index (χ2n) is 5.65. The van der Waals surface area contributed by atoms with Crippen molar-refractivity contribution in [2.75, 3.05) is 0 Å². The summed E-state index contributed by atoms with van der Waals surface area (Å²) in [7, 11) is 0. The Morgan fingerprint density at radius 3 is 2.05 bits per heavy atom. The number of alkyl halides is 1. The van der Waals surface area contributed by atoms with Gasteiger partial charge >= 0.3 is 0 Å². The van der Waals surface area contributed by atoms with E-state index in [2.05, 4.69) is 51.8 Å². The molecule has 0 saturated heterocycles. The van der Waals surface area contributed by atoms with E-state index in [0.717, 1.165) is 0 Å². The van der Waals surface area contributed by atoms with E-state index in [9.17, 15) is 0 Å². The van der Waals surface area contributed by atoms with Crippen LogP contribution in [0, 0.1) is 6.92 Å². The summed E-state index contributed by atoms with van der Waals surface area (Å²) in [5.41, 5.74) is 1.47. The van der Waals surface area contributed by atoms with Crippen LogP contribution in [0.5, 0.6) is 0 Å². The number of hydrogen-bond acceptors (Lipinski definition) is 1. The fourth-order valence-corrected chi connectivity index (χ4v) is 5.28. The minimum atomic E-state index is 0.537. The lowest BCUT2D eigenvalue weighted by Crippen LogP contribution is -1.90. The fourth-order valence-electron chi connectivity index (χ4n) is 2.56. The number of hydrogen-bond donors (Lipinski definition) is 0. The van der Waals surface area contributed by atoms with E-state index in [1.807, 2.05) is 11.3 Å². The molecule has 1 aromatic heterocycles. The highest BCUT2D eigenvalue weighted by Gasteiger charge is 2.12. The molecule has 0 spiro atoms. The molecule has 0 saturated carbocycles. The lowest BCUT2D eigenvalue weighted by Gasteiger charge is -2.09. The largest absolute Gasteiger partial charge is 0.133 e. The van der Waals surface area contributed by atoms with E-state index in [-0.39, 0.29) is 0 Å². The Morgan fingerprint density at radius 2 is 1.55 bits per heavy atom. The third-order valence-electron chi connectivity index (χ3n) is 3.82. The Balaban J connectivity index is 2.02. The molecule has 1 unspecified atom stereocenters. The summed E-state index contributed by atoms with van der Waals surface area (Å²) < 4.78 is 1.25. The number of aryl methyl sites for hydroxylation is 1. The van der Waals surface area contributed by atoms with Gasteiger partial charge in [0, 0.05) is 9.70 Å². The SMILES string of the molecule is CCCCCCCCCCCC(Br)c1cc(Br)sc1C. The minimum absolute atomic E-state index is 0.537. The van der Waals surface area contributed by atoms with Gasteiger partial charge in [-0.3, -0.25) is 0 Å². The number of rotatable bonds is 11. The zero-order chi connectivity index (χ0) is 14.8. The molecule has 0 amide bonds. The fraction of sp³-hybridized carbons (Fsp3) is 0.765. The van der Waals surface area contributed by atoms with Crippen molar-refractivity contribution in [1.82, 2.24) is 0 Å². The predicted octanol–water partition coefficient (Wildman–Crippen LogP) is 8.18. The monoisotopic (exact) mass is 422 g/mol. The molecule has 0 radical (unpaired) electrons. The molecule has 0 fully saturated rings. The van der Waals surface area contributed by atoms with Crippen molar-refractivity contribution in [3.05, 3.63) is 20.3 Å². The highest BCUT2D eigenvalue weighted by Crippen LogP contribution is 2.37. The molecule has 0 aliphatic carbocycles. The zero-order valence-electron chi connectivity index (χ0n) is 12.9. The molecular weight excluding hydrogens is 396 g/mol. The van der Waals surface area contributed by atoms with Crippen LogP contribution in [0.3, 0.4) is 0 Å². The maximum atomic E-state index is 3.85. The number of unbranched alkanes of at least 4 members (excludes halogenated alkanes) is 8. The molecule has 0 N–H and O–H groups in total. The summed E-state index contributed by atoms with van der Waals surface area (Å²) in [4.78, 5) is 1.98. The van der Waals surface area contributed by atoms with Gasteiger partial charge in [0.05, 0.1) is 3.79 Å². The highest BCUT2D eigenvalue weighted by molar-refractivity contribution is 9.11. The molecule has 1 atom stereocenters. The van der Waals surface area contributed by atoms with Gasteiger partial charge in [-0.05, 0) is 40.9 Å². The van der Waals surface area contributed by atoms with Gasteiger partial charge in [-0.25, -0.2) is 0 Å². The van der Waals surface area contributed by atoms with E-state index in [0.29, 0.717) is 4.83 Å². The third kappa shape index (κ3) is 7.61. The smallest absolute Gasteiger partial charge is 0.0704 e. The standard InChI is InChI=1S/C17H28Br2S/c1-3-4-5-6-7-8-9-10-11-12-16(18)15-13-17(19)20-14(15)2/h13,16H,3-12H2,1-2H3. The van der Waals surface area contributed by atoms with Gasteiger partial charge in [0.2, 0.25) is 0 Å². The lowest BCUT2D eigenvalue weighted by molar-refractivity contribution is 0.556. The number of halogens is 2. The Bertz CT molecular complexity index is 360. The van der Waals surface area contributed by atoms with E-state index < -0.39 is 0 Å². The third-order valence-corrected chi connectivity index (χ3v) is 6.35. The van der Waals surface area contributed by atoms with Crippen LogP contribution in [0.25, 0.3) is 0 Å². The van der Waals surface area contributed by atoms with E-state index in [1.165, 1.54) is 78.4 Å². The molecule has 116 valence electrons. The molecule has 0 nitrogen and oxygen atoms in total. The molecule has 0 aliphatic heterocycles. The van der Waals surface area contributed by atoms with Crippen molar-refractivity contribution >= 4 is 43.2 Å². The van der Waals surface area contributed by atoms with Crippen LogP contribution >= 0.6 is 43.2 Å². The second-order valence-corrected chi connectivity index (χ2v) is 9.39. The van der Waals surface area contributed by atoms with Crippen molar-refractivity contribution in [3.8, 4) is 0 Å². The van der Waals surface area contributed by atoms with Crippen LogP contribution in [-0.2, 0) is 0 Å². The topological polar surface area (TPSA) is 0 Å². The Labute approximate surface area is 146 Å². The average Bonchev–Trinajstić information content (AvgIpc) is 2.75. The molecule has 0 aliphatic rings. The molecular formula is C17H28Br2S. The van der Waals surface area contributed by atoms with Crippen molar-refractivity contribution in [3.63, 3.8) is 0 Å². The van der Waals surface area contributed by atoms with E-state index >= 15 is 0 Å². The van der Waals surface area contributed by atoms with Gasteiger partial charge in [-0.15, -0.1) is 11.3 Å². The lowest BCUT2D eigenvalue weighted by atomic mass is 10.0. The van der Waals surface area contributed by atoms with Crippen molar-refractivity contribution in [2.45, 2.75) is 82.9 Å². The molecule has 20 heavy (non-hydrogen) atoms. The summed E-state index contributed by atoms with van der Waals surface area (Å²) in [5, 5.41) is 0. The Hall–Kier alpha value is 0.660. The average molecular weight is 424 g/mol. The van der Waals surface area contributed by atoms with Crippen LogP contribution in [0.1, 0.15) is 86.4 Å². The molecule has 0 aromatic carbocycles. The van der Waals surface area contributed by atoms with Crippen molar-refractivity contribution in [1.29, 1.82) is 0 Å². The summed E-state index contributed by atoms with van der Waals surface area (Å²) >= 11 is 9.27. The van der Waals surface area contributed by atoms with Crippen LogP contribution in [-0.4, -0.2) is 0 Å². The number of thiophene rings is 1. The Morgan fingerprint density at radius 1 is 1.00 bits per heavy atom. The van der Waals surface area contributed by atoms with Gasteiger partial charge in [0.1, 0.15) is 0 Å². The molecule has 0 bridgehead atoms. The molecule has 3 heteroatoms. The zero-order valence-corrected chi connectivity index (χ0v) is 16.9. The van der Waals surface area contributed by atoms with Gasteiger partial charge in [-0.2, -0.15) is 0 Å². The first-order valence-corrected chi connectivity index (χ1v) is 10.6. The molecule has 1 rings (SSSR count). The van der Waals surface area contributed by atoms with Gasteiger partial charge in [-0.1, -0.05) is 80.6 Å². The quantitative estimate of drug-likeness (QED) is 0.248. The summed E-state index contributed by atoms with van der Waals surface area (Å²) in [6.45, 7) is 4.50. The second kappa shape index (κ2) is 11.3. The highest BCUT2D eigenvalue weighted by atomic mass is 79.9. The molecule has 1 aromatic rings. The summed E-state index contributed by atoms with van der Waals surface area (Å²) in [6, 6.07) is 2.27. The van der Waals surface area contributed by atoms with Gasteiger partial charge in [0.25, 0.3) is 0 Å². The van der Waals surface area contributed by atoms with Gasteiger partial charge < -0.3 is 0 Å². The summed E-state index contributed by atoms with van der Waals surface area (Å²) in [5.74, 6) is 0.